The van der Waals surface area contributed by atoms with Gasteiger partial charge in [0.15, 0.2) is 0 Å². The summed E-state index contributed by atoms with van der Waals surface area (Å²) in [6.07, 6.45) is 6.96. The predicted octanol–water partition coefficient (Wildman–Crippen LogP) is 6.64. The second-order valence-electron chi connectivity index (χ2n) is 13.7. The van der Waals surface area contributed by atoms with Crippen LogP contribution >= 0.6 is 0 Å². The number of benzene rings is 2. The molecule has 3 aromatic rings. The van der Waals surface area contributed by atoms with E-state index in [9.17, 15) is 9.59 Å². The zero-order valence-electron chi connectivity index (χ0n) is 24.8. The van der Waals surface area contributed by atoms with Crippen molar-refractivity contribution in [3.63, 3.8) is 0 Å². The molecule has 6 heteroatoms. The van der Waals surface area contributed by atoms with Crippen LogP contribution in [0.2, 0.25) is 0 Å². The monoisotopic (exact) mass is 550 g/mol. The van der Waals surface area contributed by atoms with E-state index >= 15 is 0 Å². The Morgan fingerprint density at radius 2 is 1.76 bits per heavy atom. The van der Waals surface area contributed by atoms with Crippen molar-refractivity contribution in [2.24, 2.45) is 34.5 Å². The fourth-order valence-electron chi connectivity index (χ4n) is 9.89. The van der Waals surface area contributed by atoms with E-state index in [2.05, 4.69) is 48.9 Å². The van der Waals surface area contributed by atoms with Crippen molar-refractivity contribution in [3.05, 3.63) is 71.7 Å². The molecule has 0 radical (unpaired) electrons. The average Bonchev–Trinajstić information content (AvgIpc) is 3.52. The topological polar surface area (TPSA) is 67.2 Å². The van der Waals surface area contributed by atoms with Crippen LogP contribution in [-0.4, -0.2) is 33.3 Å². The molecule has 2 heterocycles. The molecule has 6 atom stereocenters. The summed E-state index contributed by atoms with van der Waals surface area (Å²) in [6.45, 7) is 7.49. The minimum atomic E-state index is 0.00927. The summed E-state index contributed by atoms with van der Waals surface area (Å²) in [5.41, 5.74) is 5.81. The number of carbonyl (C=O) groups excluding carboxylic acids is 2. The van der Waals surface area contributed by atoms with Crippen LogP contribution in [0.15, 0.2) is 65.9 Å². The molecule has 6 nitrogen and oxygen atoms in total. The van der Waals surface area contributed by atoms with E-state index in [0.29, 0.717) is 30.7 Å². The Balaban J connectivity index is 1.13. The number of hydrogen-bond acceptors (Lipinski definition) is 3. The highest BCUT2D eigenvalue weighted by atomic mass is 16.2. The molecule has 4 aliphatic rings. The molecule has 0 unspecified atom stereocenters. The number of imidazole rings is 1. The Morgan fingerprint density at radius 1 is 1.00 bits per heavy atom. The van der Waals surface area contributed by atoms with E-state index in [-0.39, 0.29) is 28.6 Å². The number of likely N-dealkylation sites (tertiary alicyclic amines) is 1. The van der Waals surface area contributed by atoms with Gasteiger partial charge >= 0.3 is 0 Å². The van der Waals surface area contributed by atoms with Crippen LogP contribution in [0.5, 0.6) is 0 Å². The molecule has 1 aromatic heterocycles. The Kier molecular flexibility index (Phi) is 6.18. The van der Waals surface area contributed by atoms with Gasteiger partial charge in [-0.2, -0.15) is 0 Å². The summed E-state index contributed by atoms with van der Waals surface area (Å²) in [5.74, 6) is 3.04. The predicted molar refractivity (Wildman–Crippen MR) is 161 cm³/mol. The molecular weight excluding hydrogens is 508 g/mol. The van der Waals surface area contributed by atoms with Gasteiger partial charge in [-0.05, 0) is 92.9 Å². The van der Waals surface area contributed by atoms with Crippen LogP contribution in [0.1, 0.15) is 71.5 Å². The third kappa shape index (κ3) is 3.93. The van der Waals surface area contributed by atoms with Crippen molar-refractivity contribution < 1.29 is 9.59 Å². The number of hydrogen-bond donors (Lipinski definition) is 1. The van der Waals surface area contributed by atoms with Gasteiger partial charge < -0.3 is 10.2 Å². The van der Waals surface area contributed by atoms with Crippen molar-refractivity contribution in [1.82, 2.24) is 19.8 Å². The van der Waals surface area contributed by atoms with Crippen molar-refractivity contribution in [2.45, 2.75) is 72.3 Å². The van der Waals surface area contributed by atoms with Gasteiger partial charge in [0.05, 0.1) is 17.6 Å². The molecule has 41 heavy (non-hydrogen) atoms. The summed E-state index contributed by atoms with van der Waals surface area (Å²) < 4.78 is 2.17. The lowest BCUT2D eigenvalue weighted by Gasteiger charge is -2.59. The summed E-state index contributed by atoms with van der Waals surface area (Å²) >= 11 is 0. The number of amides is 2. The fraction of sp³-hybridized carbons (Fsp3) is 0.514. The van der Waals surface area contributed by atoms with Gasteiger partial charge in [-0.1, -0.05) is 49.8 Å². The number of rotatable bonds is 4. The lowest BCUT2D eigenvalue weighted by Crippen LogP contribution is -2.55. The molecule has 3 aliphatic carbocycles. The van der Waals surface area contributed by atoms with Gasteiger partial charge in [0.2, 0.25) is 11.8 Å². The van der Waals surface area contributed by atoms with E-state index in [4.69, 9.17) is 4.98 Å². The maximum Gasteiger partial charge on any atom is 0.226 e. The van der Waals surface area contributed by atoms with Crippen molar-refractivity contribution >= 4 is 22.8 Å². The largest absolute Gasteiger partial charge is 0.349 e. The first kappa shape index (κ1) is 26.5. The quantitative estimate of drug-likeness (QED) is 0.396. The molecular formula is C35H42N4O2. The van der Waals surface area contributed by atoms with Crippen LogP contribution in [0, 0.1) is 34.5 Å². The van der Waals surface area contributed by atoms with Crippen LogP contribution in [0.25, 0.3) is 16.7 Å². The third-order valence-electron chi connectivity index (χ3n) is 11.7. The third-order valence-corrected chi connectivity index (χ3v) is 11.7. The van der Waals surface area contributed by atoms with E-state index in [1.165, 1.54) is 11.3 Å². The number of nitrogens with one attached hydrogen (secondary N) is 1. The summed E-state index contributed by atoms with van der Waals surface area (Å²) in [5, 5.41) is 3.34. The van der Waals surface area contributed by atoms with Gasteiger partial charge in [-0.3, -0.25) is 14.2 Å². The normalized spacial score (nSPS) is 33.0. The number of carbonyl (C=O) groups is 2. The summed E-state index contributed by atoms with van der Waals surface area (Å²) in [6, 6.07) is 18.5. The smallest absolute Gasteiger partial charge is 0.226 e. The van der Waals surface area contributed by atoms with E-state index in [1.54, 1.807) is 0 Å². The van der Waals surface area contributed by atoms with Gasteiger partial charge in [0.25, 0.3) is 0 Å². The molecule has 214 valence electrons. The first-order chi connectivity index (χ1) is 19.7. The van der Waals surface area contributed by atoms with E-state index in [1.807, 2.05) is 48.3 Å². The Labute approximate surface area is 243 Å². The number of piperidine rings is 1. The van der Waals surface area contributed by atoms with Crippen LogP contribution in [0.4, 0.5) is 0 Å². The highest BCUT2D eigenvalue weighted by molar-refractivity contribution is 5.81. The molecule has 1 N–H and O–H groups in total. The number of fused-ring (bicyclic) bond motifs is 6. The highest BCUT2D eigenvalue weighted by Crippen LogP contribution is 2.66. The maximum absolute atomic E-state index is 13.9. The van der Waals surface area contributed by atoms with E-state index in [0.717, 1.165) is 61.1 Å². The lowest BCUT2D eigenvalue weighted by atomic mass is 9.48. The van der Waals surface area contributed by atoms with E-state index < -0.39 is 0 Å². The molecule has 2 amide bonds. The van der Waals surface area contributed by atoms with Crippen LogP contribution < -0.4 is 5.32 Å². The summed E-state index contributed by atoms with van der Waals surface area (Å²) in [7, 11) is 1.98. The number of nitrogens with zero attached hydrogens (tertiary/aromatic N) is 3. The van der Waals surface area contributed by atoms with Crippen LogP contribution in [-0.2, 0) is 16.1 Å². The Hall–Kier alpha value is -3.41. The first-order valence-electron chi connectivity index (χ1n) is 15.5. The molecule has 1 aliphatic heterocycles. The lowest BCUT2D eigenvalue weighted by molar-refractivity contribution is -0.138. The van der Waals surface area contributed by atoms with Crippen molar-refractivity contribution in [1.29, 1.82) is 0 Å². The molecule has 0 bridgehead atoms. The SMILES string of the molecule is CC1=C2N(C)C(=O)CC[C@]2(C)[C@H]2CC[C@]3(C)[C@@H](C(=O)NCc4nc5ccccc5n4-c4ccccc4)CC[C@H]3[C@@H]2C1. The molecule has 2 aromatic carbocycles. The zero-order chi connectivity index (χ0) is 28.5. The Bertz CT molecular complexity index is 1560. The van der Waals surface area contributed by atoms with Gasteiger partial charge in [-0.15, -0.1) is 0 Å². The van der Waals surface area contributed by atoms with Gasteiger partial charge in [0.1, 0.15) is 5.82 Å². The molecule has 7 rings (SSSR count). The summed E-state index contributed by atoms with van der Waals surface area (Å²) in [4.78, 5) is 33.4. The average molecular weight is 551 g/mol. The standard InChI is InChI=1S/C35H42N4O2/c1-22-20-24-25-14-15-27(34(25,2)18-16-26(24)35(3)19-17-31(40)38(4)32(22)35)33(41)36-21-30-37-28-12-8-9-13-29(28)39(30)23-10-6-5-7-11-23/h5-13,24-27H,14-21H2,1-4H3,(H,36,41)/t24-,25-,26-,27+,34-,35+/m0/s1. The molecule has 1 saturated heterocycles. The maximum atomic E-state index is 13.9. The second-order valence-corrected chi connectivity index (χ2v) is 13.7. The van der Waals surface area contributed by atoms with Crippen molar-refractivity contribution in [2.75, 3.05) is 7.05 Å². The number of aromatic nitrogens is 2. The number of para-hydroxylation sites is 3. The van der Waals surface area contributed by atoms with Gasteiger partial charge in [0, 0.05) is 36.2 Å². The minimum absolute atomic E-state index is 0.00927. The zero-order valence-corrected chi connectivity index (χ0v) is 24.8. The fourth-order valence-corrected chi connectivity index (χ4v) is 9.89. The van der Waals surface area contributed by atoms with Crippen molar-refractivity contribution in [3.8, 4) is 5.69 Å². The highest BCUT2D eigenvalue weighted by Gasteiger charge is 2.61. The first-order valence-corrected chi connectivity index (χ1v) is 15.5. The molecule has 3 fully saturated rings. The number of allylic oxidation sites excluding steroid dienone is 2. The minimum Gasteiger partial charge on any atom is -0.349 e. The second kappa shape index (κ2) is 9.57. The molecule has 2 saturated carbocycles. The van der Waals surface area contributed by atoms with Crippen LogP contribution in [0.3, 0.4) is 0 Å². The van der Waals surface area contributed by atoms with Gasteiger partial charge in [-0.25, -0.2) is 4.98 Å². The molecule has 0 spiro atoms. The Morgan fingerprint density at radius 3 is 2.56 bits per heavy atom.